The molecular weight excluding hydrogens is 817 g/mol. The number of aliphatic imine (C=N–C) groups is 2. The van der Waals surface area contributed by atoms with Crippen molar-refractivity contribution in [1.29, 1.82) is 0 Å². The van der Waals surface area contributed by atoms with Crippen molar-refractivity contribution in [2.45, 2.75) is 79.1 Å². The second-order valence-corrected chi connectivity index (χ2v) is 15.9. The molecule has 0 saturated carbocycles. The summed E-state index contributed by atoms with van der Waals surface area (Å²) in [6.45, 7) is 17.9. The Balaban J connectivity index is 0.00000105. The summed E-state index contributed by atoms with van der Waals surface area (Å²) >= 11 is 3.53. The Hall–Kier alpha value is -5.70. The molecule has 0 radical (unpaired) electrons. The maximum Gasteiger partial charge on any atom is 0.221 e. The van der Waals surface area contributed by atoms with Crippen LogP contribution in [0, 0.1) is 0 Å². The van der Waals surface area contributed by atoms with Crippen LogP contribution in [0.5, 0.6) is 0 Å². The normalized spacial score (nSPS) is 12.8. The zero-order chi connectivity index (χ0) is 46.4. The molecule has 0 aliphatic heterocycles. The van der Waals surface area contributed by atoms with E-state index in [-0.39, 0.29) is 11.5 Å². The molecule has 336 valence electrons. The predicted molar refractivity (Wildman–Crippen MR) is 277 cm³/mol. The molecule has 0 amide bonds. The second-order valence-electron chi connectivity index (χ2n) is 13.8. The zero-order valence-corrected chi connectivity index (χ0v) is 40.1. The van der Waals surface area contributed by atoms with Gasteiger partial charge in [-0.3, -0.25) is 0 Å². The number of nitrogens with zero attached hydrogens (tertiary/aromatic N) is 2. The highest BCUT2D eigenvalue weighted by atomic mass is 32.2. The third kappa shape index (κ3) is 27.1. The lowest BCUT2D eigenvalue weighted by atomic mass is 10.2. The molecule has 0 saturated heterocycles. The van der Waals surface area contributed by atoms with Gasteiger partial charge in [-0.15, -0.1) is 6.58 Å². The molecule has 0 atom stereocenters. The van der Waals surface area contributed by atoms with Crippen LogP contribution in [0.1, 0.15) is 83.4 Å². The summed E-state index contributed by atoms with van der Waals surface area (Å²) in [5, 5.41) is 0. The van der Waals surface area contributed by atoms with Gasteiger partial charge in [-0.2, -0.15) is 12.6 Å². The van der Waals surface area contributed by atoms with E-state index < -0.39 is 9.84 Å². The summed E-state index contributed by atoms with van der Waals surface area (Å²) in [7, 11) is -3.42. The van der Waals surface area contributed by atoms with Crippen LogP contribution in [0.4, 0.5) is 5.69 Å². The van der Waals surface area contributed by atoms with E-state index in [0.29, 0.717) is 61.9 Å². The molecule has 5 rings (SSSR count). The molecule has 0 fully saturated rings. The van der Waals surface area contributed by atoms with Crippen molar-refractivity contribution in [1.82, 2.24) is 0 Å². The molecular formula is C55H70N2O4S2. The molecule has 0 heterocycles. The van der Waals surface area contributed by atoms with Crippen LogP contribution in [0.15, 0.2) is 216 Å². The van der Waals surface area contributed by atoms with Crippen LogP contribution in [0.25, 0.3) is 0 Å². The molecule has 8 heteroatoms. The van der Waals surface area contributed by atoms with Crippen LogP contribution in [-0.2, 0) is 31.7 Å². The third-order valence-corrected chi connectivity index (χ3v) is 10.0. The first-order valence-corrected chi connectivity index (χ1v) is 24.1. The third-order valence-electron chi connectivity index (χ3n) is 8.42. The van der Waals surface area contributed by atoms with Gasteiger partial charge in [0.25, 0.3) is 0 Å². The fourth-order valence-corrected chi connectivity index (χ4v) is 7.19. The Kier molecular flexibility index (Phi) is 31.5. The molecule has 4 aromatic carbocycles. The van der Waals surface area contributed by atoms with E-state index in [1.54, 1.807) is 18.4 Å². The lowest BCUT2D eigenvalue weighted by molar-refractivity contribution is 0.293. The number of hydrogen-bond acceptors (Lipinski definition) is 7. The number of thiol groups is 1. The fraction of sp³-hybridized carbons (Fsp3) is 0.273. The molecule has 1 aliphatic carbocycles. The zero-order valence-electron chi connectivity index (χ0n) is 38.4. The predicted octanol–water partition coefficient (Wildman–Crippen LogP) is 14.8. The molecule has 63 heavy (non-hydrogen) atoms. The van der Waals surface area contributed by atoms with Crippen molar-refractivity contribution < 1.29 is 17.9 Å². The van der Waals surface area contributed by atoms with Gasteiger partial charge in [0.05, 0.1) is 23.8 Å². The monoisotopic (exact) mass is 886 g/mol. The first-order valence-electron chi connectivity index (χ1n) is 21.4. The van der Waals surface area contributed by atoms with Gasteiger partial charge in [0.2, 0.25) is 5.90 Å². The number of benzene rings is 4. The SMILES string of the molecule is C/C=C\CC.C=C/C=C\C(C)=C/CC(=Nc1cccc(CS(=O)(=O)CC2=CCCC(N=C(OCc3ccccc3)c3ccccc3)=CC2)c1)OCC.C=CC.CS.c1ccccc1. The Labute approximate surface area is 386 Å². The van der Waals surface area contributed by atoms with E-state index in [1.165, 1.54) is 0 Å². The Morgan fingerprint density at radius 3 is 1.95 bits per heavy atom. The smallest absolute Gasteiger partial charge is 0.221 e. The Bertz CT molecular complexity index is 2140. The highest BCUT2D eigenvalue weighted by Gasteiger charge is 2.17. The average Bonchev–Trinajstić information content (AvgIpc) is 3.53. The first kappa shape index (κ1) is 55.3. The summed E-state index contributed by atoms with van der Waals surface area (Å²) in [4.78, 5) is 9.57. The fourth-order valence-electron chi connectivity index (χ4n) is 5.60. The van der Waals surface area contributed by atoms with Gasteiger partial charge in [0, 0.05) is 17.7 Å². The number of allylic oxidation sites excluding steroid dienone is 10. The van der Waals surface area contributed by atoms with Crippen LogP contribution < -0.4 is 0 Å². The Morgan fingerprint density at radius 1 is 0.778 bits per heavy atom. The molecule has 6 nitrogen and oxygen atoms in total. The minimum absolute atomic E-state index is 0.00344. The molecule has 1 aliphatic rings. The van der Waals surface area contributed by atoms with Gasteiger partial charge in [0.15, 0.2) is 15.7 Å². The van der Waals surface area contributed by atoms with E-state index in [9.17, 15) is 8.42 Å². The lowest BCUT2D eigenvalue weighted by Gasteiger charge is -2.11. The van der Waals surface area contributed by atoms with Gasteiger partial charge < -0.3 is 9.47 Å². The molecule has 0 spiro atoms. The summed E-state index contributed by atoms with van der Waals surface area (Å²) < 4.78 is 38.7. The molecule has 0 N–H and O–H groups in total. The van der Waals surface area contributed by atoms with Crippen molar-refractivity contribution in [3.05, 3.63) is 223 Å². The van der Waals surface area contributed by atoms with Gasteiger partial charge in [-0.1, -0.05) is 176 Å². The topological polar surface area (TPSA) is 77.3 Å². The van der Waals surface area contributed by atoms with Crippen molar-refractivity contribution in [3.63, 3.8) is 0 Å². The number of hydrogen-bond donors (Lipinski definition) is 1. The molecule has 0 unspecified atom stereocenters. The second kappa shape index (κ2) is 35.9. The molecule has 0 bridgehead atoms. The van der Waals surface area contributed by atoms with Crippen LogP contribution in [-0.4, -0.2) is 38.8 Å². The number of rotatable bonds is 15. The maximum absolute atomic E-state index is 13.4. The molecule has 0 aromatic heterocycles. The standard InChI is InChI=1S/C40H44N2O4S.C6H6.C5H10.C3H6.CH4S/c1-4-6-15-32(3)24-27-39(45-5-2)41-38-23-14-19-35(28-38)31-47(43,44)30-34-18-13-22-37(26-25-34)42-40(36-20-11-8-12-21-36)46-29-33-16-9-7-10-17-33;1-2-4-6-5-3-1;1-3-5-4-2;1-3-2;1-2/h4,6-12,14-21,23-24,26,28H,1,5,13,22,25,27,29-31H2,2-3H3;1-6H;3,5H,4H2,1-2H3;3H,1H2,2H3;2H,1H3/b15-6-,32-24-,41-39?,42-40?;;5-3-;;. The Morgan fingerprint density at radius 2 is 1.38 bits per heavy atom. The highest BCUT2D eigenvalue weighted by molar-refractivity contribution is 7.90. The largest absolute Gasteiger partial charge is 0.481 e. The van der Waals surface area contributed by atoms with Crippen molar-refractivity contribution in [3.8, 4) is 0 Å². The van der Waals surface area contributed by atoms with Crippen molar-refractivity contribution >= 4 is 39.9 Å². The number of sulfone groups is 1. The summed E-state index contributed by atoms with van der Waals surface area (Å²) in [5.41, 5.74) is 6.16. The van der Waals surface area contributed by atoms with Crippen LogP contribution in [0.2, 0.25) is 0 Å². The maximum atomic E-state index is 13.4. The van der Waals surface area contributed by atoms with E-state index >= 15 is 0 Å². The van der Waals surface area contributed by atoms with Gasteiger partial charge >= 0.3 is 0 Å². The van der Waals surface area contributed by atoms with E-state index in [4.69, 9.17) is 14.5 Å². The lowest BCUT2D eigenvalue weighted by Crippen LogP contribution is -2.11. The highest BCUT2D eigenvalue weighted by Crippen LogP contribution is 2.23. The van der Waals surface area contributed by atoms with Crippen LogP contribution in [0.3, 0.4) is 0 Å². The van der Waals surface area contributed by atoms with E-state index in [1.807, 2.05) is 179 Å². The summed E-state index contributed by atoms with van der Waals surface area (Å²) in [6, 6.07) is 39.2. The first-order chi connectivity index (χ1) is 30.7. The molecule has 4 aromatic rings. The average molecular weight is 887 g/mol. The minimum Gasteiger partial charge on any atom is -0.481 e. The van der Waals surface area contributed by atoms with Gasteiger partial charge in [0.1, 0.15) is 6.61 Å². The van der Waals surface area contributed by atoms with E-state index in [2.05, 4.69) is 49.9 Å². The number of ether oxygens (including phenoxy) is 2. The quantitative estimate of drug-likeness (QED) is 0.0424. The van der Waals surface area contributed by atoms with Gasteiger partial charge in [-0.05, 0) is 95.0 Å². The minimum atomic E-state index is -3.42. The van der Waals surface area contributed by atoms with E-state index in [0.717, 1.165) is 34.4 Å². The van der Waals surface area contributed by atoms with Crippen molar-refractivity contribution in [2.24, 2.45) is 9.98 Å². The van der Waals surface area contributed by atoms with Gasteiger partial charge in [-0.25, -0.2) is 18.4 Å². The van der Waals surface area contributed by atoms with Crippen LogP contribution >= 0.6 is 12.6 Å². The summed E-state index contributed by atoms with van der Waals surface area (Å²) in [6.07, 6.45) is 22.9. The summed E-state index contributed by atoms with van der Waals surface area (Å²) in [5.74, 6) is 1.07. The van der Waals surface area contributed by atoms with Crippen molar-refractivity contribution in [2.75, 3.05) is 18.6 Å².